The van der Waals surface area contributed by atoms with Crippen LogP contribution >= 0.6 is 11.6 Å². The van der Waals surface area contributed by atoms with Gasteiger partial charge in [-0.15, -0.1) is 4.40 Å². The predicted molar refractivity (Wildman–Crippen MR) is 98.4 cm³/mol. The highest BCUT2D eigenvalue weighted by Crippen LogP contribution is 2.32. The average Bonchev–Trinajstić information content (AvgIpc) is 2.97. The fourth-order valence-electron chi connectivity index (χ4n) is 2.75. The molecule has 0 spiro atoms. The van der Waals surface area contributed by atoms with E-state index in [4.69, 9.17) is 11.6 Å². The standard InChI is InChI=1S/C17H15ClF3N3O2S/c1-27(25,26)23-16-22-15(10-24(16)14-7-5-13(18)6-8-14)11-3-2-4-12(9-11)17(19,20)21/h2-9,15H,10H2,1H3,(H,22,23). The summed E-state index contributed by atoms with van der Waals surface area (Å²) >= 11 is 5.88. The molecule has 144 valence electrons. The van der Waals surface area contributed by atoms with Crippen LogP contribution in [0.4, 0.5) is 18.9 Å². The molecular weight excluding hydrogens is 403 g/mol. The summed E-state index contributed by atoms with van der Waals surface area (Å²) in [5.74, 6) is 0.0437. The lowest BCUT2D eigenvalue weighted by molar-refractivity contribution is -0.137. The van der Waals surface area contributed by atoms with Crippen LogP contribution in [0.2, 0.25) is 5.02 Å². The summed E-state index contributed by atoms with van der Waals surface area (Å²) in [6, 6.07) is 10.9. The van der Waals surface area contributed by atoms with E-state index in [-0.39, 0.29) is 12.5 Å². The third kappa shape index (κ3) is 4.72. The van der Waals surface area contributed by atoms with Crippen molar-refractivity contribution in [1.29, 1.82) is 0 Å². The third-order valence-corrected chi connectivity index (χ3v) is 4.69. The fourth-order valence-corrected chi connectivity index (χ4v) is 3.34. The highest BCUT2D eigenvalue weighted by Gasteiger charge is 2.34. The van der Waals surface area contributed by atoms with Gasteiger partial charge in [0.1, 0.15) is 0 Å². The third-order valence-electron chi connectivity index (χ3n) is 3.93. The van der Waals surface area contributed by atoms with Gasteiger partial charge in [-0.25, -0.2) is 8.42 Å². The number of halogens is 4. The SMILES string of the molecule is CS(=O)(=O)N=C1NC(c2cccc(C(F)(F)F)c2)CN1c1ccc(Cl)cc1. The lowest BCUT2D eigenvalue weighted by Crippen LogP contribution is -2.31. The van der Waals surface area contributed by atoms with Crippen molar-refractivity contribution in [2.24, 2.45) is 4.40 Å². The second-order valence-corrected chi connectivity index (χ2v) is 8.14. The van der Waals surface area contributed by atoms with E-state index < -0.39 is 27.8 Å². The van der Waals surface area contributed by atoms with Gasteiger partial charge >= 0.3 is 6.18 Å². The topological polar surface area (TPSA) is 61.8 Å². The Balaban J connectivity index is 1.98. The number of hydrogen-bond acceptors (Lipinski definition) is 2. The van der Waals surface area contributed by atoms with E-state index in [1.54, 1.807) is 35.2 Å². The van der Waals surface area contributed by atoms with Crippen LogP contribution in [0.15, 0.2) is 52.9 Å². The van der Waals surface area contributed by atoms with Gasteiger partial charge in [-0.2, -0.15) is 13.2 Å². The maximum Gasteiger partial charge on any atom is 0.416 e. The molecule has 1 heterocycles. The van der Waals surface area contributed by atoms with Gasteiger partial charge in [-0.05, 0) is 42.0 Å². The molecule has 1 aliphatic heterocycles. The highest BCUT2D eigenvalue weighted by atomic mass is 35.5. The Kier molecular flexibility index (Phi) is 5.09. The minimum absolute atomic E-state index is 0.0437. The Morgan fingerprint density at radius 2 is 1.85 bits per heavy atom. The molecule has 1 unspecified atom stereocenters. The number of anilines is 1. The largest absolute Gasteiger partial charge is 0.416 e. The van der Waals surface area contributed by atoms with Crippen LogP contribution in [0.25, 0.3) is 0 Å². The first kappa shape index (κ1) is 19.5. The van der Waals surface area contributed by atoms with E-state index in [0.717, 1.165) is 18.4 Å². The molecule has 3 rings (SSSR count). The summed E-state index contributed by atoms with van der Waals surface area (Å²) in [7, 11) is -3.72. The van der Waals surface area contributed by atoms with Crippen LogP contribution in [0.3, 0.4) is 0 Å². The first-order valence-corrected chi connectivity index (χ1v) is 10.0. The van der Waals surface area contributed by atoms with Crippen LogP contribution < -0.4 is 10.2 Å². The molecule has 1 saturated heterocycles. The van der Waals surface area contributed by atoms with Crippen molar-refractivity contribution < 1.29 is 21.6 Å². The van der Waals surface area contributed by atoms with Gasteiger partial charge in [-0.3, -0.25) is 0 Å². The van der Waals surface area contributed by atoms with Gasteiger partial charge in [0.05, 0.1) is 24.4 Å². The molecule has 1 fully saturated rings. The van der Waals surface area contributed by atoms with E-state index in [9.17, 15) is 21.6 Å². The van der Waals surface area contributed by atoms with E-state index in [2.05, 4.69) is 9.71 Å². The second-order valence-electron chi connectivity index (χ2n) is 6.06. The van der Waals surface area contributed by atoms with Crippen LogP contribution in [0, 0.1) is 0 Å². The molecule has 0 amide bonds. The molecule has 27 heavy (non-hydrogen) atoms. The molecule has 2 aromatic rings. The molecule has 1 N–H and O–H groups in total. The van der Waals surface area contributed by atoms with Crippen molar-refractivity contribution >= 4 is 33.3 Å². The van der Waals surface area contributed by atoms with Crippen LogP contribution in [0.1, 0.15) is 17.2 Å². The van der Waals surface area contributed by atoms with Gasteiger partial charge in [0.2, 0.25) is 5.96 Å². The number of alkyl halides is 3. The van der Waals surface area contributed by atoms with Gasteiger partial charge in [-0.1, -0.05) is 23.7 Å². The zero-order valence-electron chi connectivity index (χ0n) is 14.0. The number of guanidine groups is 1. The van der Waals surface area contributed by atoms with E-state index >= 15 is 0 Å². The Morgan fingerprint density at radius 1 is 1.19 bits per heavy atom. The Morgan fingerprint density at radius 3 is 2.44 bits per heavy atom. The molecule has 0 radical (unpaired) electrons. The zero-order valence-corrected chi connectivity index (χ0v) is 15.6. The van der Waals surface area contributed by atoms with Crippen molar-refractivity contribution in [3.63, 3.8) is 0 Å². The molecule has 0 aromatic heterocycles. The Bertz CT molecular complexity index is 976. The summed E-state index contributed by atoms with van der Waals surface area (Å²) in [6.07, 6.45) is -3.52. The van der Waals surface area contributed by atoms with Crippen LogP contribution in [-0.2, 0) is 16.2 Å². The van der Waals surface area contributed by atoms with Crippen molar-refractivity contribution in [3.05, 3.63) is 64.7 Å². The first-order valence-electron chi connectivity index (χ1n) is 7.80. The maximum absolute atomic E-state index is 13.0. The minimum Gasteiger partial charge on any atom is -0.346 e. The quantitative estimate of drug-likeness (QED) is 0.824. The molecule has 0 bridgehead atoms. The smallest absolute Gasteiger partial charge is 0.346 e. The summed E-state index contributed by atoms with van der Waals surface area (Å²) in [6.45, 7) is 0.206. The van der Waals surface area contributed by atoms with E-state index in [1.807, 2.05) is 0 Å². The van der Waals surface area contributed by atoms with E-state index in [0.29, 0.717) is 16.3 Å². The molecule has 0 saturated carbocycles. The van der Waals surface area contributed by atoms with Gasteiger partial charge in [0, 0.05) is 10.7 Å². The van der Waals surface area contributed by atoms with Crippen LogP contribution in [0.5, 0.6) is 0 Å². The van der Waals surface area contributed by atoms with Gasteiger partial charge < -0.3 is 10.2 Å². The fraction of sp³-hybridized carbons (Fsp3) is 0.235. The summed E-state index contributed by atoms with van der Waals surface area (Å²) < 4.78 is 65.9. The molecule has 1 aliphatic rings. The van der Waals surface area contributed by atoms with Crippen molar-refractivity contribution in [3.8, 4) is 0 Å². The Labute approximate surface area is 159 Å². The normalized spacial score (nSPS) is 19.4. The molecular formula is C17H15ClF3N3O2S. The lowest BCUT2D eigenvalue weighted by atomic mass is 10.0. The molecule has 2 aromatic carbocycles. The molecule has 10 heteroatoms. The molecule has 5 nitrogen and oxygen atoms in total. The van der Waals surface area contributed by atoms with E-state index in [1.165, 1.54) is 6.07 Å². The van der Waals surface area contributed by atoms with Crippen molar-refractivity contribution in [1.82, 2.24) is 5.32 Å². The molecule has 1 atom stereocenters. The summed E-state index contributed by atoms with van der Waals surface area (Å²) in [5, 5.41) is 3.40. The number of nitrogens with one attached hydrogen (secondary N) is 1. The van der Waals surface area contributed by atoms with Crippen molar-refractivity contribution in [2.75, 3.05) is 17.7 Å². The number of sulfonamides is 1. The highest BCUT2D eigenvalue weighted by molar-refractivity contribution is 7.89. The van der Waals surface area contributed by atoms with Gasteiger partial charge in [0.15, 0.2) is 0 Å². The minimum atomic E-state index is -4.46. The Hall–Kier alpha value is -2.26. The van der Waals surface area contributed by atoms with Crippen molar-refractivity contribution in [2.45, 2.75) is 12.2 Å². The second kappa shape index (κ2) is 7.05. The summed E-state index contributed by atoms with van der Waals surface area (Å²) in [5.41, 5.74) is 0.222. The first-order chi connectivity index (χ1) is 12.5. The van der Waals surface area contributed by atoms with Gasteiger partial charge in [0.25, 0.3) is 10.0 Å². The zero-order chi connectivity index (χ0) is 19.8. The monoisotopic (exact) mass is 417 g/mol. The average molecular weight is 418 g/mol. The lowest BCUT2D eigenvalue weighted by Gasteiger charge is -2.17. The predicted octanol–water partition coefficient (Wildman–Crippen LogP) is 3.83. The number of rotatable bonds is 3. The number of nitrogens with zero attached hydrogens (tertiary/aromatic N) is 2. The molecule has 0 aliphatic carbocycles. The number of hydrogen-bond donors (Lipinski definition) is 1. The summed E-state index contributed by atoms with van der Waals surface area (Å²) in [4.78, 5) is 1.59. The van der Waals surface area contributed by atoms with Crippen LogP contribution in [-0.4, -0.2) is 27.2 Å². The number of benzene rings is 2. The maximum atomic E-state index is 13.0.